The van der Waals surface area contributed by atoms with E-state index in [4.69, 9.17) is 5.11 Å². The molecule has 0 bridgehead atoms. The first-order valence-electron chi connectivity index (χ1n) is 3.26. The lowest BCUT2D eigenvalue weighted by Gasteiger charge is -2.06. The summed E-state index contributed by atoms with van der Waals surface area (Å²) >= 11 is 0. The Bertz CT molecular complexity index is 105. The predicted octanol–water partition coefficient (Wildman–Crippen LogP) is -0.413. The molecule has 2 heteroatoms. The van der Waals surface area contributed by atoms with Gasteiger partial charge in [0.15, 0.2) is 0 Å². The van der Waals surface area contributed by atoms with Gasteiger partial charge in [0, 0.05) is 6.04 Å². The molecule has 2 N–H and O–H groups in total. The molecule has 2 rings (SSSR count). The second kappa shape index (κ2) is 1.45. The first kappa shape index (κ1) is 4.77. The summed E-state index contributed by atoms with van der Waals surface area (Å²) in [5.74, 6) is 1.76. The largest absolute Gasteiger partial charge is 0.395 e. The highest BCUT2D eigenvalue weighted by molar-refractivity contribution is 5.01. The Morgan fingerprint density at radius 3 is 2.75 bits per heavy atom. The summed E-state index contributed by atoms with van der Waals surface area (Å²) in [5, 5.41) is 12.0. The summed E-state index contributed by atoms with van der Waals surface area (Å²) in [6.45, 7) is 1.48. The Morgan fingerprint density at radius 2 is 2.50 bits per heavy atom. The topological polar surface area (TPSA) is 32.3 Å². The minimum Gasteiger partial charge on any atom is -0.395 e. The molecular formula is C6H11NO. The third kappa shape index (κ3) is 0.501. The van der Waals surface area contributed by atoms with Gasteiger partial charge in [-0.1, -0.05) is 0 Å². The Labute approximate surface area is 48.9 Å². The number of hydrogen-bond acceptors (Lipinski definition) is 2. The molecule has 0 radical (unpaired) electrons. The Morgan fingerprint density at radius 1 is 1.62 bits per heavy atom. The van der Waals surface area contributed by atoms with Crippen molar-refractivity contribution in [1.82, 2.24) is 5.32 Å². The van der Waals surface area contributed by atoms with Crippen LogP contribution in [0, 0.1) is 11.8 Å². The van der Waals surface area contributed by atoms with Crippen molar-refractivity contribution >= 4 is 0 Å². The van der Waals surface area contributed by atoms with Crippen molar-refractivity contribution in [2.75, 3.05) is 13.2 Å². The molecule has 0 spiro atoms. The molecule has 0 aromatic rings. The van der Waals surface area contributed by atoms with Crippen molar-refractivity contribution in [1.29, 1.82) is 0 Å². The van der Waals surface area contributed by atoms with Gasteiger partial charge in [-0.2, -0.15) is 0 Å². The molecule has 2 unspecified atom stereocenters. The molecule has 2 aliphatic rings. The number of aliphatic hydroxyl groups excluding tert-OH is 1. The average Bonchev–Trinajstić information content (AvgIpc) is 2.46. The van der Waals surface area contributed by atoms with E-state index in [0.717, 1.165) is 18.4 Å². The smallest absolute Gasteiger partial charge is 0.0587 e. The predicted molar refractivity (Wildman–Crippen MR) is 30.5 cm³/mol. The van der Waals surface area contributed by atoms with Gasteiger partial charge >= 0.3 is 0 Å². The normalized spacial score (nSPS) is 51.4. The molecule has 1 heterocycles. The van der Waals surface area contributed by atoms with E-state index < -0.39 is 0 Å². The van der Waals surface area contributed by atoms with Crippen molar-refractivity contribution in [2.45, 2.75) is 12.5 Å². The average molecular weight is 113 g/mol. The van der Waals surface area contributed by atoms with E-state index in [9.17, 15) is 0 Å². The molecular weight excluding hydrogens is 102 g/mol. The standard InChI is InChI=1S/C6H11NO/c8-3-6-5-1-4(5)2-7-6/h4-8H,1-3H2/t4?,5?,6-/m0/s1. The summed E-state index contributed by atoms with van der Waals surface area (Å²) in [5.41, 5.74) is 0. The summed E-state index contributed by atoms with van der Waals surface area (Å²) in [6.07, 6.45) is 1.36. The van der Waals surface area contributed by atoms with E-state index in [-0.39, 0.29) is 0 Å². The van der Waals surface area contributed by atoms with Crippen molar-refractivity contribution in [3.05, 3.63) is 0 Å². The van der Waals surface area contributed by atoms with Crippen LogP contribution in [-0.2, 0) is 0 Å². The zero-order valence-corrected chi connectivity index (χ0v) is 4.80. The SMILES string of the molecule is OC[C@@H]1NCC2CC21. The molecule has 0 amide bonds. The van der Waals surface area contributed by atoms with E-state index in [1.54, 1.807) is 0 Å². The van der Waals surface area contributed by atoms with Crippen LogP contribution in [0.25, 0.3) is 0 Å². The van der Waals surface area contributed by atoms with Gasteiger partial charge in [0.1, 0.15) is 0 Å². The van der Waals surface area contributed by atoms with Crippen LogP contribution < -0.4 is 5.32 Å². The van der Waals surface area contributed by atoms with Crippen LogP contribution in [-0.4, -0.2) is 24.3 Å². The van der Waals surface area contributed by atoms with Gasteiger partial charge in [-0.25, -0.2) is 0 Å². The summed E-state index contributed by atoms with van der Waals surface area (Å²) in [7, 11) is 0. The van der Waals surface area contributed by atoms with Gasteiger partial charge in [0.2, 0.25) is 0 Å². The van der Waals surface area contributed by atoms with Crippen LogP contribution in [0.1, 0.15) is 6.42 Å². The van der Waals surface area contributed by atoms with Crippen molar-refractivity contribution < 1.29 is 5.11 Å². The minimum atomic E-state index is 0.334. The van der Waals surface area contributed by atoms with Gasteiger partial charge in [-0.3, -0.25) is 0 Å². The molecule has 2 fully saturated rings. The molecule has 1 saturated heterocycles. The molecule has 1 aliphatic heterocycles. The highest BCUT2D eigenvalue weighted by atomic mass is 16.3. The second-order valence-corrected chi connectivity index (χ2v) is 2.86. The number of nitrogens with one attached hydrogen (secondary N) is 1. The molecule has 46 valence electrons. The summed E-state index contributed by atoms with van der Waals surface area (Å²) in [6, 6.07) is 0.444. The third-order valence-electron chi connectivity index (χ3n) is 2.33. The Kier molecular flexibility index (Phi) is 0.866. The van der Waals surface area contributed by atoms with E-state index in [2.05, 4.69) is 5.32 Å². The molecule has 8 heavy (non-hydrogen) atoms. The monoisotopic (exact) mass is 113 g/mol. The Hall–Kier alpha value is -0.0800. The van der Waals surface area contributed by atoms with Gasteiger partial charge in [0.05, 0.1) is 6.61 Å². The van der Waals surface area contributed by atoms with E-state index in [0.29, 0.717) is 12.6 Å². The number of piperidine rings is 1. The number of fused-ring (bicyclic) bond motifs is 1. The molecule has 1 aliphatic carbocycles. The minimum absolute atomic E-state index is 0.334. The summed E-state index contributed by atoms with van der Waals surface area (Å²) in [4.78, 5) is 0. The van der Waals surface area contributed by atoms with Crippen molar-refractivity contribution in [3.63, 3.8) is 0 Å². The van der Waals surface area contributed by atoms with Gasteiger partial charge in [-0.15, -0.1) is 0 Å². The molecule has 1 saturated carbocycles. The maximum absolute atomic E-state index is 8.70. The van der Waals surface area contributed by atoms with Gasteiger partial charge in [0.25, 0.3) is 0 Å². The van der Waals surface area contributed by atoms with Crippen LogP contribution >= 0.6 is 0 Å². The molecule has 0 aromatic heterocycles. The van der Waals surface area contributed by atoms with Crippen LogP contribution in [0.2, 0.25) is 0 Å². The lowest BCUT2D eigenvalue weighted by Crippen LogP contribution is -2.29. The zero-order valence-electron chi connectivity index (χ0n) is 4.80. The maximum Gasteiger partial charge on any atom is 0.0587 e. The number of rotatable bonds is 1. The van der Waals surface area contributed by atoms with Gasteiger partial charge in [-0.05, 0) is 24.8 Å². The fraction of sp³-hybridized carbons (Fsp3) is 1.00. The quantitative estimate of drug-likeness (QED) is 0.484. The maximum atomic E-state index is 8.70. The fourth-order valence-electron chi connectivity index (χ4n) is 1.65. The van der Waals surface area contributed by atoms with Crippen LogP contribution in [0.3, 0.4) is 0 Å². The first-order valence-corrected chi connectivity index (χ1v) is 3.26. The second-order valence-electron chi connectivity index (χ2n) is 2.86. The summed E-state index contributed by atoms with van der Waals surface area (Å²) < 4.78 is 0. The van der Waals surface area contributed by atoms with E-state index in [1.807, 2.05) is 0 Å². The lowest BCUT2D eigenvalue weighted by atomic mass is 10.2. The van der Waals surface area contributed by atoms with Crippen LogP contribution in [0.4, 0.5) is 0 Å². The first-order chi connectivity index (χ1) is 3.92. The van der Waals surface area contributed by atoms with Crippen LogP contribution in [0.5, 0.6) is 0 Å². The van der Waals surface area contributed by atoms with Gasteiger partial charge < -0.3 is 10.4 Å². The number of aliphatic hydroxyl groups is 1. The third-order valence-corrected chi connectivity index (χ3v) is 2.33. The zero-order chi connectivity index (χ0) is 5.56. The van der Waals surface area contributed by atoms with Crippen molar-refractivity contribution in [2.24, 2.45) is 11.8 Å². The van der Waals surface area contributed by atoms with Crippen molar-refractivity contribution in [3.8, 4) is 0 Å². The molecule has 0 aromatic carbocycles. The lowest BCUT2D eigenvalue weighted by molar-refractivity contribution is 0.242. The fourth-order valence-corrected chi connectivity index (χ4v) is 1.65. The highest BCUT2D eigenvalue weighted by Crippen LogP contribution is 2.44. The molecule has 2 nitrogen and oxygen atoms in total. The Balaban J connectivity index is 1.97. The molecule has 3 atom stereocenters. The highest BCUT2D eigenvalue weighted by Gasteiger charge is 2.47. The number of hydrogen-bond donors (Lipinski definition) is 2. The van der Waals surface area contributed by atoms with E-state index >= 15 is 0 Å². The van der Waals surface area contributed by atoms with E-state index in [1.165, 1.54) is 6.42 Å². The van der Waals surface area contributed by atoms with Crippen LogP contribution in [0.15, 0.2) is 0 Å².